The van der Waals surface area contributed by atoms with Crippen molar-refractivity contribution in [1.82, 2.24) is 0 Å². The van der Waals surface area contributed by atoms with Gasteiger partial charge in [-0.3, -0.25) is 0 Å². The van der Waals surface area contributed by atoms with Crippen LogP contribution in [0.2, 0.25) is 0 Å². The molecule has 2 heteroatoms. The maximum Gasteiger partial charge on any atom is 0.100 e. The smallest absolute Gasteiger partial charge is 0.100 e. The fourth-order valence-corrected chi connectivity index (χ4v) is 5.12. The van der Waals surface area contributed by atoms with E-state index in [1.165, 1.54) is 5.56 Å². The van der Waals surface area contributed by atoms with Crippen LogP contribution in [0, 0.1) is 25.2 Å². The van der Waals surface area contributed by atoms with Crippen molar-refractivity contribution in [2.45, 2.75) is 13.8 Å². The summed E-state index contributed by atoms with van der Waals surface area (Å²) < 4.78 is 0. The van der Waals surface area contributed by atoms with E-state index in [4.69, 9.17) is 0 Å². The summed E-state index contributed by atoms with van der Waals surface area (Å²) in [6.07, 6.45) is 4.27. The highest BCUT2D eigenvalue weighted by molar-refractivity contribution is 6.05. The van der Waals surface area contributed by atoms with Gasteiger partial charge in [0.25, 0.3) is 0 Å². The average Bonchev–Trinajstić information content (AvgIpc) is 2.97. The molecular formula is C37H28N2. The summed E-state index contributed by atoms with van der Waals surface area (Å²) in [7, 11) is 0. The Morgan fingerprint density at radius 1 is 0.538 bits per heavy atom. The average molecular weight is 501 g/mol. The number of aryl methyl sites for hydroxylation is 2. The third-order valence-corrected chi connectivity index (χ3v) is 7.17. The third-order valence-electron chi connectivity index (χ3n) is 7.17. The SMILES string of the molecule is Cc1ccc(N(c2ccccc2)c2ccc(C=Cc3ccc4c(C#N)c5cc(C)ccc5cc4c3)cc2)cc1. The molecule has 0 aliphatic heterocycles. The van der Waals surface area contributed by atoms with Gasteiger partial charge in [0.15, 0.2) is 0 Å². The van der Waals surface area contributed by atoms with Gasteiger partial charge in [-0.25, -0.2) is 0 Å². The van der Waals surface area contributed by atoms with E-state index in [-0.39, 0.29) is 0 Å². The Labute approximate surface area is 229 Å². The lowest BCUT2D eigenvalue weighted by Gasteiger charge is -2.25. The van der Waals surface area contributed by atoms with Crippen LogP contribution in [0.4, 0.5) is 17.1 Å². The molecule has 0 radical (unpaired) electrons. The molecule has 6 aromatic carbocycles. The zero-order valence-electron chi connectivity index (χ0n) is 22.1. The van der Waals surface area contributed by atoms with Crippen molar-refractivity contribution in [3.63, 3.8) is 0 Å². The van der Waals surface area contributed by atoms with Crippen LogP contribution in [0.3, 0.4) is 0 Å². The van der Waals surface area contributed by atoms with Crippen molar-refractivity contribution < 1.29 is 0 Å². The first-order valence-electron chi connectivity index (χ1n) is 13.2. The molecule has 0 spiro atoms. The van der Waals surface area contributed by atoms with Crippen LogP contribution in [0.1, 0.15) is 27.8 Å². The molecule has 39 heavy (non-hydrogen) atoms. The summed E-state index contributed by atoms with van der Waals surface area (Å²) >= 11 is 0. The van der Waals surface area contributed by atoms with E-state index in [9.17, 15) is 5.26 Å². The highest BCUT2D eigenvalue weighted by atomic mass is 15.1. The van der Waals surface area contributed by atoms with Gasteiger partial charge in [-0.15, -0.1) is 0 Å². The molecule has 0 aliphatic rings. The van der Waals surface area contributed by atoms with E-state index in [0.29, 0.717) is 0 Å². The fourth-order valence-electron chi connectivity index (χ4n) is 5.12. The van der Waals surface area contributed by atoms with Gasteiger partial charge in [-0.05, 0) is 84.3 Å². The molecule has 0 N–H and O–H groups in total. The zero-order chi connectivity index (χ0) is 26.8. The summed E-state index contributed by atoms with van der Waals surface area (Å²) in [5, 5.41) is 14.1. The standard InChI is InChI=1S/C37H28N2/c1-26-9-17-33(18-10-26)39(32-6-4-3-5-7-32)34-19-13-28(14-20-34)11-12-29-15-21-35-31(23-29)24-30-16-8-27(2)22-36(30)37(35)25-38/h3-24H,1-2H3. The monoisotopic (exact) mass is 500 g/mol. The van der Waals surface area contributed by atoms with E-state index in [0.717, 1.165) is 60.9 Å². The van der Waals surface area contributed by atoms with Crippen molar-refractivity contribution in [2.24, 2.45) is 0 Å². The van der Waals surface area contributed by atoms with Crippen LogP contribution in [0.5, 0.6) is 0 Å². The molecular weight excluding hydrogens is 472 g/mol. The Balaban J connectivity index is 1.31. The number of nitriles is 1. The van der Waals surface area contributed by atoms with Gasteiger partial charge in [0.05, 0.1) is 5.56 Å². The summed E-state index contributed by atoms with van der Waals surface area (Å²) in [4.78, 5) is 2.27. The summed E-state index contributed by atoms with van der Waals surface area (Å²) in [6.45, 7) is 4.17. The van der Waals surface area contributed by atoms with Gasteiger partial charge in [-0.2, -0.15) is 5.26 Å². The largest absolute Gasteiger partial charge is 0.311 e. The van der Waals surface area contributed by atoms with Gasteiger partial charge < -0.3 is 4.90 Å². The molecule has 0 fully saturated rings. The lowest BCUT2D eigenvalue weighted by molar-refractivity contribution is 1.27. The molecule has 0 amide bonds. The fraction of sp³-hybridized carbons (Fsp3) is 0.0541. The van der Waals surface area contributed by atoms with Gasteiger partial charge in [-0.1, -0.05) is 96.1 Å². The van der Waals surface area contributed by atoms with Crippen molar-refractivity contribution in [2.75, 3.05) is 4.90 Å². The quantitative estimate of drug-likeness (QED) is 0.174. The molecule has 2 nitrogen and oxygen atoms in total. The first-order chi connectivity index (χ1) is 19.1. The minimum atomic E-state index is 0.744. The Morgan fingerprint density at radius 3 is 1.87 bits per heavy atom. The normalized spacial score (nSPS) is 11.2. The second-order valence-corrected chi connectivity index (χ2v) is 10.00. The highest BCUT2D eigenvalue weighted by Crippen LogP contribution is 2.35. The molecule has 0 unspecified atom stereocenters. The minimum Gasteiger partial charge on any atom is -0.311 e. The third kappa shape index (κ3) is 4.91. The Kier molecular flexibility index (Phi) is 6.41. The number of benzene rings is 6. The summed E-state index contributed by atoms with van der Waals surface area (Å²) in [5.41, 5.74) is 8.75. The molecule has 0 bridgehead atoms. The van der Waals surface area contributed by atoms with E-state index < -0.39 is 0 Å². The number of para-hydroxylation sites is 1. The summed E-state index contributed by atoms with van der Waals surface area (Å²) in [6, 6.07) is 45.0. The van der Waals surface area contributed by atoms with Crippen molar-refractivity contribution in [3.05, 3.63) is 149 Å². The molecule has 0 aromatic heterocycles. The molecule has 6 rings (SSSR count). The molecule has 0 aliphatic carbocycles. The van der Waals surface area contributed by atoms with E-state index in [1.54, 1.807) is 0 Å². The van der Waals surface area contributed by atoms with Crippen LogP contribution >= 0.6 is 0 Å². The maximum absolute atomic E-state index is 9.90. The topological polar surface area (TPSA) is 27.0 Å². The number of rotatable bonds is 5. The minimum absolute atomic E-state index is 0.744. The Hall–Kier alpha value is -5.13. The Morgan fingerprint density at radius 2 is 1.15 bits per heavy atom. The first kappa shape index (κ1) is 24.2. The Bertz CT molecular complexity index is 1860. The zero-order valence-corrected chi connectivity index (χ0v) is 22.1. The van der Waals surface area contributed by atoms with Crippen molar-refractivity contribution in [3.8, 4) is 6.07 Å². The van der Waals surface area contributed by atoms with E-state index in [2.05, 4.69) is 152 Å². The molecule has 0 heterocycles. The number of fused-ring (bicyclic) bond motifs is 2. The van der Waals surface area contributed by atoms with Crippen LogP contribution in [0.15, 0.2) is 121 Å². The van der Waals surface area contributed by atoms with E-state index in [1.807, 2.05) is 6.07 Å². The van der Waals surface area contributed by atoms with Crippen LogP contribution in [-0.4, -0.2) is 0 Å². The second kappa shape index (κ2) is 10.3. The van der Waals surface area contributed by atoms with E-state index >= 15 is 0 Å². The molecule has 0 atom stereocenters. The number of hydrogen-bond donors (Lipinski definition) is 0. The van der Waals surface area contributed by atoms with Crippen molar-refractivity contribution >= 4 is 50.8 Å². The summed E-state index contributed by atoms with van der Waals surface area (Å²) in [5.74, 6) is 0. The highest BCUT2D eigenvalue weighted by Gasteiger charge is 2.12. The number of anilines is 3. The predicted octanol–water partition coefficient (Wildman–Crippen LogP) is 10.1. The molecule has 0 saturated heterocycles. The second-order valence-electron chi connectivity index (χ2n) is 10.00. The van der Waals surface area contributed by atoms with Crippen molar-refractivity contribution in [1.29, 1.82) is 5.26 Å². The molecule has 6 aromatic rings. The number of nitrogens with zero attached hydrogens (tertiary/aromatic N) is 2. The van der Waals surface area contributed by atoms with Gasteiger partial charge in [0.2, 0.25) is 0 Å². The predicted molar refractivity (Wildman–Crippen MR) is 166 cm³/mol. The lowest BCUT2D eigenvalue weighted by Crippen LogP contribution is -2.09. The van der Waals surface area contributed by atoms with Gasteiger partial charge in [0, 0.05) is 27.8 Å². The lowest BCUT2D eigenvalue weighted by atomic mass is 9.95. The number of hydrogen-bond acceptors (Lipinski definition) is 2. The molecule has 186 valence electrons. The van der Waals surface area contributed by atoms with Gasteiger partial charge in [0.1, 0.15) is 6.07 Å². The molecule has 0 saturated carbocycles. The van der Waals surface area contributed by atoms with Gasteiger partial charge >= 0.3 is 0 Å². The first-order valence-corrected chi connectivity index (χ1v) is 13.2. The maximum atomic E-state index is 9.90. The van der Waals surface area contributed by atoms with Crippen LogP contribution in [-0.2, 0) is 0 Å². The van der Waals surface area contributed by atoms with Crippen LogP contribution in [0.25, 0.3) is 33.7 Å². The van der Waals surface area contributed by atoms with Crippen LogP contribution < -0.4 is 4.90 Å².